The van der Waals surface area contributed by atoms with Gasteiger partial charge in [0.25, 0.3) is 0 Å². The molecule has 1 atom stereocenters. The molecule has 1 aromatic rings. The molecule has 0 saturated heterocycles. The van der Waals surface area contributed by atoms with Gasteiger partial charge >= 0.3 is 6.18 Å². The van der Waals surface area contributed by atoms with Gasteiger partial charge in [-0.15, -0.1) is 11.3 Å². The first-order valence-electron chi connectivity index (χ1n) is 6.75. The van der Waals surface area contributed by atoms with Gasteiger partial charge < -0.3 is 5.32 Å². The molecule has 6 heteroatoms. The van der Waals surface area contributed by atoms with Gasteiger partial charge in [0.15, 0.2) is 5.01 Å². The molecule has 110 valence electrons. The lowest BCUT2D eigenvalue weighted by molar-refractivity contribution is -0.137. The molecule has 19 heavy (non-hydrogen) atoms. The van der Waals surface area contributed by atoms with Crippen molar-refractivity contribution in [1.82, 2.24) is 10.3 Å². The summed E-state index contributed by atoms with van der Waals surface area (Å²) in [5, 5.41) is 2.56. The van der Waals surface area contributed by atoms with E-state index in [0.29, 0.717) is 4.88 Å². The van der Waals surface area contributed by atoms with Crippen LogP contribution in [0, 0.1) is 0 Å². The molecule has 0 spiro atoms. The van der Waals surface area contributed by atoms with Gasteiger partial charge in [0.05, 0.1) is 0 Å². The van der Waals surface area contributed by atoms with Crippen LogP contribution in [0.4, 0.5) is 13.2 Å². The maximum Gasteiger partial charge on any atom is 0.443 e. The SMILES string of the molecule is CCCCCC(NCCC)c1cnc(C(F)(F)F)s1. The topological polar surface area (TPSA) is 24.9 Å². The number of halogens is 3. The van der Waals surface area contributed by atoms with Crippen molar-refractivity contribution in [3.8, 4) is 0 Å². The van der Waals surface area contributed by atoms with Gasteiger partial charge in [-0.25, -0.2) is 4.98 Å². The number of unbranched alkanes of at least 4 members (excludes halogenated alkanes) is 2. The van der Waals surface area contributed by atoms with Crippen LogP contribution in [0.25, 0.3) is 0 Å². The molecular weight excluding hydrogens is 273 g/mol. The molecule has 0 amide bonds. The molecule has 0 aliphatic rings. The van der Waals surface area contributed by atoms with E-state index in [-0.39, 0.29) is 6.04 Å². The van der Waals surface area contributed by atoms with E-state index < -0.39 is 11.2 Å². The highest BCUT2D eigenvalue weighted by Crippen LogP contribution is 2.35. The summed E-state index contributed by atoms with van der Waals surface area (Å²) in [6.45, 7) is 4.98. The molecule has 1 aromatic heterocycles. The van der Waals surface area contributed by atoms with Crippen LogP contribution in [-0.4, -0.2) is 11.5 Å². The zero-order valence-electron chi connectivity index (χ0n) is 11.4. The highest BCUT2D eigenvalue weighted by atomic mass is 32.1. The Kier molecular flexibility index (Phi) is 6.79. The third kappa shape index (κ3) is 5.48. The summed E-state index contributed by atoms with van der Waals surface area (Å²) >= 11 is 0.758. The molecule has 2 nitrogen and oxygen atoms in total. The normalized spacial score (nSPS) is 13.7. The molecule has 0 radical (unpaired) electrons. The molecule has 1 N–H and O–H groups in total. The smallest absolute Gasteiger partial charge is 0.309 e. The van der Waals surface area contributed by atoms with E-state index in [2.05, 4.69) is 17.2 Å². The van der Waals surface area contributed by atoms with Crippen molar-refractivity contribution in [2.24, 2.45) is 0 Å². The molecule has 0 bridgehead atoms. The monoisotopic (exact) mass is 294 g/mol. The Balaban J connectivity index is 2.70. The molecule has 1 rings (SSSR count). The highest BCUT2D eigenvalue weighted by molar-refractivity contribution is 7.11. The van der Waals surface area contributed by atoms with Crippen molar-refractivity contribution in [2.75, 3.05) is 6.54 Å². The van der Waals surface area contributed by atoms with Gasteiger partial charge in [-0.1, -0.05) is 33.1 Å². The first-order chi connectivity index (χ1) is 8.99. The maximum absolute atomic E-state index is 12.6. The van der Waals surface area contributed by atoms with Crippen LogP contribution in [0.15, 0.2) is 6.20 Å². The third-order valence-electron chi connectivity index (χ3n) is 2.85. The van der Waals surface area contributed by atoms with Gasteiger partial charge in [-0.3, -0.25) is 0 Å². The summed E-state index contributed by atoms with van der Waals surface area (Å²) in [4.78, 5) is 4.19. The van der Waals surface area contributed by atoms with Crippen LogP contribution < -0.4 is 5.32 Å². The zero-order chi connectivity index (χ0) is 14.3. The number of thiazole rings is 1. The lowest BCUT2D eigenvalue weighted by Crippen LogP contribution is -2.21. The average molecular weight is 294 g/mol. The summed E-state index contributed by atoms with van der Waals surface area (Å²) in [6, 6.07) is 0.0000926. The fourth-order valence-corrected chi connectivity index (χ4v) is 2.73. The predicted molar refractivity (Wildman–Crippen MR) is 72.3 cm³/mol. The standard InChI is InChI=1S/C13H21F3N2S/c1-3-5-6-7-10(17-8-4-2)11-9-18-12(19-11)13(14,15)16/h9-10,17H,3-8H2,1-2H3. The number of hydrogen-bond donors (Lipinski definition) is 1. The van der Waals surface area contributed by atoms with E-state index in [1.165, 1.54) is 6.20 Å². The van der Waals surface area contributed by atoms with Crippen LogP contribution in [0.2, 0.25) is 0 Å². The van der Waals surface area contributed by atoms with E-state index in [1.807, 2.05) is 6.92 Å². The van der Waals surface area contributed by atoms with Crippen LogP contribution in [0.3, 0.4) is 0 Å². The summed E-state index contributed by atoms with van der Waals surface area (Å²) in [5.41, 5.74) is 0. The molecule has 1 heterocycles. The second-order valence-corrected chi connectivity index (χ2v) is 5.63. The Morgan fingerprint density at radius 1 is 1.26 bits per heavy atom. The summed E-state index contributed by atoms with van der Waals surface area (Å²) < 4.78 is 37.7. The summed E-state index contributed by atoms with van der Waals surface area (Å²) in [6.07, 6.45) is 2.11. The van der Waals surface area contributed by atoms with Gasteiger partial charge in [-0.05, 0) is 19.4 Å². The van der Waals surface area contributed by atoms with Crippen molar-refractivity contribution in [3.63, 3.8) is 0 Å². The quantitative estimate of drug-likeness (QED) is 0.698. The zero-order valence-corrected chi connectivity index (χ0v) is 12.2. The second kappa shape index (κ2) is 7.85. The van der Waals surface area contributed by atoms with Gasteiger partial charge in [-0.2, -0.15) is 13.2 Å². The molecule has 0 fully saturated rings. The molecule has 0 aliphatic carbocycles. The number of rotatable bonds is 8. The Morgan fingerprint density at radius 2 is 2.00 bits per heavy atom. The first kappa shape index (κ1) is 16.4. The summed E-state index contributed by atoms with van der Waals surface area (Å²) in [7, 11) is 0. The molecule has 0 aliphatic heterocycles. The Bertz CT molecular complexity index is 363. The van der Waals surface area contributed by atoms with E-state index >= 15 is 0 Å². The van der Waals surface area contributed by atoms with E-state index in [4.69, 9.17) is 0 Å². The molecular formula is C13H21F3N2S. The number of alkyl halides is 3. The fourth-order valence-electron chi connectivity index (χ4n) is 1.84. The number of hydrogen-bond acceptors (Lipinski definition) is 3. The molecule has 0 aromatic carbocycles. The van der Waals surface area contributed by atoms with E-state index in [1.54, 1.807) is 0 Å². The number of aromatic nitrogens is 1. The second-order valence-electron chi connectivity index (χ2n) is 4.57. The lowest BCUT2D eigenvalue weighted by Gasteiger charge is -2.16. The number of nitrogens with zero attached hydrogens (tertiary/aromatic N) is 1. The largest absolute Gasteiger partial charge is 0.443 e. The van der Waals surface area contributed by atoms with Crippen molar-refractivity contribution in [1.29, 1.82) is 0 Å². The van der Waals surface area contributed by atoms with Crippen molar-refractivity contribution < 1.29 is 13.2 Å². The fraction of sp³-hybridized carbons (Fsp3) is 0.769. The lowest BCUT2D eigenvalue weighted by atomic mass is 10.1. The van der Waals surface area contributed by atoms with Crippen LogP contribution in [-0.2, 0) is 6.18 Å². The highest BCUT2D eigenvalue weighted by Gasteiger charge is 2.35. The Morgan fingerprint density at radius 3 is 2.53 bits per heavy atom. The molecule has 1 unspecified atom stereocenters. The Hall–Kier alpha value is -0.620. The van der Waals surface area contributed by atoms with Gasteiger partial charge in [0.1, 0.15) is 0 Å². The average Bonchev–Trinajstić information content (AvgIpc) is 2.83. The minimum absolute atomic E-state index is 0.0000926. The number of nitrogens with one attached hydrogen (secondary N) is 1. The van der Waals surface area contributed by atoms with Gasteiger partial charge in [0, 0.05) is 17.1 Å². The summed E-state index contributed by atoms with van der Waals surface area (Å²) in [5.74, 6) is 0. The predicted octanol–water partition coefficient (Wildman–Crippen LogP) is 4.78. The molecule has 0 saturated carbocycles. The van der Waals surface area contributed by atoms with Crippen LogP contribution >= 0.6 is 11.3 Å². The van der Waals surface area contributed by atoms with Crippen molar-refractivity contribution in [2.45, 2.75) is 58.2 Å². The van der Waals surface area contributed by atoms with E-state index in [9.17, 15) is 13.2 Å². The van der Waals surface area contributed by atoms with Crippen molar-refractivity contribution >= 4 is 11.3 Å². The first-order valence-corrected chi connectivity index (χ1v) is 7.57. The minimum Gasteiger partial charge on any atom is -0.309 e. The van der Waals surface area contributed by atoms with Crippen LogP contribution in [0.1, 0.15) is 61.9 Å². The van der Waals surface area contributed by atoms with E-state index in [0.717, 1.165) is 50.0 Å². The Labute approximate surface area is 116 Å². The minimum atomic E-state index is -4.33. The van der Waals surface area contributed by atoms with Gasteiger partial charge in [0.2, 0.25) is 0 Å². The maximum atomic E-state index is 12.6. The third-order valence-corrected chi connectivity index (χ3v) is 4.00. The van der Waals surface area contributed by atoms with Crippen LogP contribution in [0.5, 0.6) is 0 Å². The van der Waals surface area contributed by atoms with Crippen molar-refractivity contribution in [3.05, 3.63) is 16.1 Å².